The summed E-state index contributed by atoms with van der Waals surface area (Å²) in [4.78, 5) is 0. The van der Waals surface area contributed by atoms with Crippen LogP contribution in [0.25, 0.3) is 0 Å². The topological polar surface area (TPSA) is 26.0 Å². The minimum Gasteiger partial charge on any atom is -0.327 e. The van der Waals surface area contributed by atoms with Crippen molar-refractivity contribution in [3.8, 4) is 0 Å². The molecule has 4 unspecified atom stereocenters. The van der Waals surface area contributed by atoms with Gasteiger partial charge in [0.15, 0.2) is 0 Å². The second-order valence-corrected chi connectivity index (χ2v) is 5.16. The van der Waals surface area contributed by atoms with Gasteiger partial charge in [-0.15, -0.1) is 0 Å². The Kier molecular flexibility index (Phi) is 2.97. The van der Waals surface area contributed by atoms with E-state index in [0.29, 0.717) is 11.8 Å². The van der Waals surface area contributed by atoms with E-state index in [1.165, 1.54) is 19.3 Å². The highest BCUT2D eigenvalue weighted by Crippen LogP contribution is 2.49. The molecule has 2 rings (SSSR count). The molecule has 0 aromatic carbocycles. The quantitative estimate of drug-likeness (QED) is 0.778. The molecule has 2 fully saturated rings. The first-order valence-electron chi connectivity index (χ1n) is 5.78. The number of fused-ring (bicyclic) bond motifs is 2. The lowest BCUT2D eigenvalue weighted by molar-refractivity contribution is -0.137. The number of nitrogens with two attached hydrogens (primary N) is 1. The van der Waals surface area contributed by atoms with Crippen molar-refractivity contribution >= 4 is 0 Å². The zero-order valence-electron chi connectivity index (χ0n) is 8.76. The Bertz CT molecular complexity index is 226. The van der Waals surface area contributed by atoms with Crippen molar-refractivity contribution in [3.05, 3.63) is 0 Å². The van der Waals surface area contributed by atoms with Gasteiger partial charge >= 0.3 is 6.18 Å². The van der Waals surface area contributed by atoms with Crippen LogP contribution in [0, 0.1) is 17.8 Å². The maximum Gasteiger partial charge on any atom is 0.389 e. The van der Waals surface area contributed by atoms with Gasteiger partial charge in [-0.25, -0.2) is 0 Å². The van der Waals surface area contributed by atoms with E-state index in [0.717, 1.165) is 12.3 Å². The summed E-state index contributed by atoms with van der Waals surface area (Å²) in [5.41, 5.74) is 5.87. The number of hydrogen-bond donors (Lipinski definition) is 1. The van der Waals surface area contributed by atoms with Crippen LogP contribution in [0.5, 0.6) is 0 Å². The van der Waals surface area contributed by atoms with Gasteiger partial charge in [-0.1, -0.05) is 6.42 Å². The Morgan fingerprint density at radius 3 is 2.40 bits per heavy atom. The Labute approximate surface area is 88.2 Å². The maximum atomic E-state index is 12.0. The van der Waals surface area contributed by atoms with Crippen molar-refractivity contribution in [1.82, 2.24) is 0 Å². The second kappa shape index (κ2) is 3.96. The van der Waals surface area contributed by atoms with E-state index >= 15 is 0 Å². The molecule has 0 amide bonds. The predicted octanol–water partition coefficient (Wildman–Crippen LogP) is 3.09. The van der Waals surface area contributed by atoms with Crippen LogP contribution in [0.3, 0.4) is 0 Å². The molecule has 0 saturated heterocycles. The van der Waals surface area contributed by atoms with Gasteiger partial charge in [0.05, 0.1) is 0 Å². The highest BCUT2D eigenvalue weighted by molar-refractivity contribution is 4.94. The Hall–Kier alpha value is -0.250. The summed E-state index contributed by atoms with van der Waals surface area (Å²) in [5, 5.41) is 0. The van der Waals surface area contributed by atoms with Crippen LogP contribution in [0.2, 0.25) is 0 Å². The minimum atomic E-state index is -4.05. The Balaban J connectivity index is 1.79. The fourth-order valence-corrected chi connectivity index (χ4v) is 3.36. The van der Waals surface area contributed by atoms with Gasteiger partial charge in [-0.2, -0.15) is 13.2 Å². The molecule has 88 valence electrons. The van der Waals surface area contributed by atoms with Crippen molar-refractivity contribution in [3.63, 3.8) is 0 Å². The van der Waals surface area contributed by atoms with Crippen LogP contribution in [0.1, 0.15) is 38.5 Å². The van der Waals surface area contributed by atoms with Crippen LogP contribution in [-0.4, -0.2) is 12.2 Å². The predicted molar refractivity (Wildman–Crippen MR) is 52.2 cm³/mol. The van der Waals surface area contributed by atoms with Gasteiger partial charge in [0.25, 0.3) is 0 Å². The van der Waals surface area contributed by atoms with E-state index in [1.807, 2.05) is 0 Å². The average molecular weight is 221 g/mol. The zero-order valence-corrected chi connectivity index (χ0v) is 8.76. The van der Waals surface area contributed by atoms with E-state index < -0.39 is 12.6 Å². The third-order valence-electron chi connectivity index (χ3n) is 4.10. The van der Waals surface area contributed by atoms with Crippen molar-refractivity contribution < 1.29 is 13.2 Å². The Morgan fingerprint density at radius 2 is 1.93 bits per heavy atom. The van der Waals surface area contributed by atoms with Gasteiger partial charge in [0, 0.05) is 12.5 Å². The largest absolute Gasteiger partial charge is 0.389 e. The van der Waals surface area contributed by atoms with Crippen molar-refractivity contribution in [1.29, 1.82) is 0 Å². The highest BCUT2D eigenvalue weighted by Gasteiger charge is 2.42. The van der Waals surface area contributed by atoms with Gasteiger partial charge in [0.2, 0.25) is 0 Å². The molecule has 15 heavy (non-hydrogen) atoms. The number of rotatable bonds is 3. The summed E-state index contributed by atoms with van der Waals surface area (Å²) >= 11 is 0. The summed E-state index contributed by atoms with van der Waals surface area (Å²) in [5.74, 6) is 1.75. The maximum absolute atomic E-state index is 12.0. The first kappa shape index (κ1) is 11.2. The molecule has 0 spiro atoms. The smallest absolute Gasteiger partial charge is 0.327 e. The van der Waals surface area contributed by atoms with Crippen LogP contribution in [0.15, 0.2) is 0 Å². The van der Waals surface area contributed by atoms with Crippen molar-refractivity contribution in [2.24, 2.45) is 23.5 Å². The highest BCUT2D eigenvalue weighted by atomic mass is 19.4. The summed E-state index contributed by atoms with van der Waals surface area (Å²) in [6, 6.07) is -0.234. The standard InChI is InChI=1S/C11H18F3N/c12-11(13,14)4-3-10(15)9-6-7-1-2-8(9)5-7/h7-10H,1-6,15H2. The normalized spacial score (nSPS) is 37.2. The molecule has 0 aromatic rings. The van der Waals surface area contributed by atoms with Crippen molar-refractivity contribution in [2.75, 3.05) is 0 Å². The van der Waals surface area contributed by atoms with E-state index in [-0.39, 0.29) is 12.5 Å². The molecule has 0 aliphatic heterocycles. The van der Waals surface area contributed by atoms with E-state index in [9.17, 15) is 13.2 Å². The molecule has 0 radical (unpaired) electrons. The molecule has 2 aliphatic carbocycles. The van der Waals surface area contributed by atoms with Gasteiger partial charge in [0.1, 0.15) is 0 Å². The average Bonchev–Trinajstić information content (AvgIpc) is 2.73. The first-order valence-corrected chi connectivity index (χ1v) is 5.78. The number of hydrogen-bond acceptors (Lipinski definition) is 1. The number of alkyl halides is 3. The molecule has 2 N–H and O–H groups in total. The molecule has 2 saturated carbocycles. The van der Waals surface area contributed by atoms with Crippen molar-refractivity contribution in [2.45, 2.75) is 50.7 Å². The first-order chi connectivity index (χ1) is 6.96. The summed E-state index contributed by atoms with van der Waals surface area (Å²) in [6.07, 6.45) is 0.0883. The fourth-order valence-electron chi connectivity index (χ4n) is 3.36. The van der Waals surface area contributed by atoms with Gasteiger partial charge in [-0.3, -0.25) is 0 Å². The molecule has 2 bridgehead atoms. The summed E-state index contributed by atoms with van der Waals surface area (Å²) in [7, 11) is 0. The summed E-state index contributed by atoms with van der Waals surface area (Å²) in [6.45, 7) is 0. The number of halogens is 3. The van der Waals surface area contributed by atoms with Crippen LogP contribution in [0.4, 0.5) is 13.2 Å². The van der Waals surface area contributed by atoms with Crippen LogP contribution in [-0.2, 0) is 0 Å². The minimum absolute atomic E-state index is 0.109. The molecule has 4 atom stereocenters. The van der Waals surface area contributed by atoms with Crippen LogP contribution < -0.4 is 5.73 Å². The Morgan fingerprint density at radius 1 is 1.20 bits per heavy atom. The lowest BCUT2D eigenvalue weighted by Gasteiger charge is -2.27. The van der Waals surface area contributed by atoms with E-state index in [2.05, 4.69) is 0 Å². The SMILES string of the molecule is NC(CCC(F)(F)F)C1CC2CCC1C2. The zero-order chi connectivity index (χ0) is 11.1. The van der Waals surface area contributed by atoms with E-state index in [4.69, 9.17) is 5.73 Å². The van der Waals surface area contributed by atoms with E-state index in [1.54, 1.807) is 0 Å². The lowest BCUT2D eigenvalue weighted by atomic mass is 9.82. The molecule has 0 aromatic heterocycles. The third-order valence-corrected chi connectivity index (χ3v) is 4.10. The molecule has 2 aliphatic rings. The molecule has 0 heterocycles. The second-order valence-electron chi connectivity index (χ2n) is 5.16. The molecule has 1 nitrogen and oxygen atoms in total. The van der Waals surface area contributed by atoms with Gasteiger partial charge in [-0.05, 0) is 43.4 Å². The molecular formula is C11H18F3N. The monoisotopic (exact) mass is 221 g/mol. The summed E-state index contributed by atoms with van der Waals surface area (Å²) < 4.78 is 36.1. The third kappa shape index (κ3) is 2.65. The lowest BCUT2D eigenvalue weighted by Crippen LogP contribution is -2.34. The molecular weight excluding hydrogens is 203 g/mol. The fraction of sp³-hybridized carbons (Fsp3) is 1.00. The van der Waals surface area contributed by atoms with Gasteiger partial charge < -0.3 is 5.73 Å². The molecule has 4 heteroatoms. The van der Waals surface area contributed by atoms with Crippen LogP contribution >= 0.6 is 0 Å².